The van der Waals surface area contributed by atoms with Gasteiger partial charge in [-0.3, -0.25) is 4.57 Å². The number of hydrogen-bond acceptors (Lipinski definition) is 3. The van der Waals surface area contributed by atoms with Crippen LogP contribution in [0, 0.1) is 0 Å². The van der Waals surface area contributed by atoms with Gasteiger partial charge in [0.15, 0.2) is 11.6 Å². The van der Waals surface area contributed by atoms with Gasteiger partial charge >= 0.3 is 0 Å². The number of furan rings is 1. The molecular weight excluding hydrogens is 552 g/mol. The SMILES string of the molecule is c1ccc(-c2nc(-n3c4ccccc4c4c3ccc3c5ccccc5n(-c5ccccc5)c34)c3c(n2)oc2ccccc23)cc1. The Kier molecular flexibility index (Phi) is 4.93. The van der Waals surface area contributed by atoms with Gasteiger partial charge < -0.3 is 8.98 Å². The molecule has 0 fully saturated rings. The Hall–Kier alpha value is -6.20. The minimum absolute atomic E-state index is 0.575. The van der Waals surface area contributed by atoms with Crippen LogP contribution in [0.3, 0.4) is 0 Å². The zero-order chi connectivity index (χ0) is 29.5. The number of para-hydroxylation sites is 4. The van der Waals surface area contributed by atoms with E-state index in [0.717, 1.165) is 44.5 Å². The lowest BCUT2D eigenvalue weighted by molar-refractivity contribution is 0.653. The second-order valence-electron chi connectivity index (χ2n) is 11.4. The van der Waals surface area contributed by atoms with Gasteiger partial charge in [0.1, 0.15) is 5.58 Å². The standard InChI is InChI=1S/C40H24N4O/c1-3-13-25(14-4-1)38-41-39(36-30-19-9-12-22-34(30)45-40(36)42-38)44-32-21-11-8-18-29(32)35-33(44)24-23-28-27-17-7-10-20-31(27)43(37(28)35)26-15-5-2-6-16-26/h1-24H. The smallest absolute Gasteiger partial charge is 0.233 e. The third-order valence-electron chi connectivity index (χ3n) is 8.95. The first-order valence-electron chi connectivity index (χ1n) is 15.1. The van der Waals surface area contributed by atoms with Crippen LogP contribution in [-0.2, 0) is 0 Å². The lowest BCUT2D eigenvalue weighted by atomic mass is 10.1. The van der Waals surface area contributed by atoms with Crippen molar-refractivity contribution in [3.63, 3.8) is 0 Å². The summed E-state index contributed by atoms with van der Waals surface area (Å²) in [6.45, 7) is 0. The molecule has 0 unspecified atom stereocenters. The number of nitrogens with zero attached hydrogens (tertiary/aromatic N) is 4. The van der Waals surface area contributed by atoms with Crippen LogP contribution < -0.4 is 0 Å². The fraction of sp³-hybridized carbons (Fsp3) is 0. The minimum Gasteiger partial charge on any atom is -0.437 e. The summed E-state index contributed by atoms with van der Waals surface area (Å²) in [6.07, 6.45) is 0. The maximum atomic E-state index is 6.40. The third kappa shape index (κ3) is 3.38. The van der Waals surface area contributed by atoms with Crippen LogP contribution in [-0.4, -0.2) is 19.1 Å². The van der Waals surface area contributed by atoms with Crippen LogP contribution in [0.15, 0.2) is 150 Å². The molecule has 210 valence electrons. The van der Waals surface area contributed by atoms with Crippen LogP contribution in [0.5, 0.6) is 0 Å². The van der Waals surface area contributed by atoms with Gasteiger partial charge in [0, 0.05) is 38.2 Å². The van der Waals surface area contributed by atoms with Gasteiger partial charge in [-0.1, -0.05) is 109 Å². The van der Waals surface area contributed by atoms with Crippen LogP contribution >= 0.6 is 0 Å². The van der Waals surface area contributed by atoms with Gasteiger partial charge in [0.2, 0.25) is 5.71 Å². The zero-order valence-electron chi connectivity index (χ0n) is 24.1. The van der Waals surface area contributed by atoms with Gasteiger partial charge in [0.25, 0.3) is 0 Å². The van der Waals surface area contributed by atoms with E-state index in [9.17, 15) is 0 Å². The number of fused-ring (bicyclic) bond motifs is 10. The normalized spacial score (nSPS) is 12.0. The predicted molar refractivity (Wildman–Crippen MR) is 183 cm³/mol. The van der Waals surface area contributed by atoms with Crippen molar-refractivity contribution in [3.05, 3.63) is 146 Å². The highest BCUT2D eigenvalue weighted by Crippen LogP contribution is 2.43. The monoisotopic (exact) mass is 576 g/mol. The fourth-order valence-electron chi connectivity index (χ4n) is 7.06. The van der Waals surface area contributed by atoms with Crippen molar-refractivity contribution >= 4 is 65.7 Å². The molecule has 10 aromatic rings. The molecule has 0 saturated carbocycles. The molecule has 5 heteroatoms. The van der Waals surface area contributed by atoms with Gasteiger partial charge in [-0.2, -0.15) is 4.98 Å². The lowest BCUT2D eigenvalue weighted by Gasteiger charge is -2.11. The average Bonchev–Trinajstić information content (AvgIpc) is 3.76. The second kappa shape index (κ2) is 9.15. The Bertz CT molecular complexity index is 2750. The van der Waals surface area contributed by atoms with Crippen molar-refractivity contribution in [3.8, 4) is 22.9 Å². The number of aromatic nitrogens is 4. The van der Waals surface area contributed by atoms with Crippen molar-refractivity contribution in [2.24, 2.45) is 0 Å². The van der Waals surface area contributed by atoms with E-state index < -0.39 is 0 Å². The van der Waals surface area contributed by atoms with Crippen LogP contribution in [0.4, 0.5) is 0 Å². The molecule has 4 heterocycles. The topological polar surface area (TPSA) is 48.8 Å². The van der Waals surface area contributed by atoms with E-state index in [1.54, 1.807) is 0 Å². The summed E-state index contributed by atoms with van der Waals surface area (Å²) < 4.78 is 11.1. The third-order valence-corrected chi connectivity index (χ3v) is 8.95. The zero-order valence-corrected chi connectivity index (χ0v) is 24.1. The average molecular weight is 577 g/mol. The van der Waals surface area contributed by atoms with Gasteiger partial charge in [-0.05, 0) is 36.4 Å². The molecule has 0 aliphatic carbocycles. The summed E-state index contributed by atoms with van der Waals surface area (Å²) in [7, 11) is 0. The van der Waals surface area contributed by atoms with E-state index in [0.29, 0.717) is 11.5 Å². The van der Waals surface area contributed by atoms with Gasteiger partial charge in [0.05, 0.1) is 27.5 Å². The van der Waals surface area contributed by atoms with E-state index in [1.807, 2.05) is 48.5 Å². The molecule has 0 radical (unpaired) electrons. The first-order chi connectivity index (χ1) is 22.3. The van der Waals surface area contributed by atoms with E-state index in [1.165, 1.54) is 32.6 Å². The molecule has 10 rings (SSSR count). The summed E-state index contributed by atoms with van der Waals surface area (Å²) in [5.41, 5.74) is 7.95. The van der Waals surface area contributed by atoms with Crippen molar-refractivity contribution in [2.45, 2.75) is 0 Å². The Morgan fingerprint density at radius 2 is 1.09 bits per heavy atom. The van der Waals surface area contributed by atoms with Crippen LogP contribution in [0.2, 0.25) is 0 Å². The van der Waals surface area contributed by atoms with Crippen molar-refractivity contribution < 1.29 is 4.42 Å². The molecular formula is C40H24N4O. The fourth-order valence-corrected chi connectivity index (χ4v) is 7.06. The van der Waals surface area contributed by atoms with E-state index in [4.69, 9.17) is 14.4 Å². The second-order valence-corrected chi connectivity index (χ2v) is 11.4. The molecule has 5 nitrogen and oxygen atoms in total. The molecule has 0 spiro atoms. The summed E-state index contributed by atoms with van der Waals surface area (Å²) >= 11 is 0. The molecule has 6 aromatic carbocycles. The maximum absolute atomic E-state index is 6.40. The summed E-state index contributed by atoms with van der Waals surface area (Å²) in [4.78, 5) is 10.3. The number of benzene rings is 6. The van der Waals surface area contributed by atoms with Crippen LogP contribution in [0.1, 0.15) is 0 Å². The first-order valence-corrected chi connectivity index (χ1v) is 15.1. The molecule has 0 bridgehead atoms. The Balaban J connectivity index is 1.42. The summed E-state index contributed by atoms with van der Waals surface area (Å²) in [6, 6.07) is 50.7. The Morgan fingerprint density at radius 3 is 1.89 bits per heavy atom. The minimum atomic E-state index is 0.575. The first kappa shape index (κ1) is 24.3. The van der Waals surface area contributed by atoms with Crippen molar-refractivity contribution in [1.29, 1.82) is 0 Å². The van der Waals surface area contributed by atoms with Gasteiger partial charge in [-0.25, -0.2) is 4.98 Å². The molecule has 0 amide bonds. The molecule has 45 heavy (non-hydrogen) atoms. The van der Waals surface area contributed by atoms with E-state index in [2.05, 4.69) is 106 Å². The van der Waals surface area contributed by atoms with Crippen molar-refractivity contribution in [2.75, 3.05) is 0 Å². The number of rotatable bonds is 3. The highest BCUT2D eigenvalue weighted by atomic mass is 16.3. The molecule has 0 saturated heterocycles. The predicted octanol–water partition coefficient (Wildman–Crippen LogP) is 10.2. The quantitative estimate of drug-likeness (QED) is 0.210. The highest BCUT2D eigenvalue weighted by molar-refractivity contribution is 6.26. The lowest BCUT2D eigenvalue weighted by Crippen LogP contribution is -2.02. The molecule has 0 atom stereocenters. The highest BCUT2D eigenvalue weighted by Gasteiger charge is 2.24. The number of hydrogen-bond donors (Lipinski definition) is 0. The molecule has 0 aliphatic rings. The molecule has 0 N–H and O–H groups in total. The van der Waals surface area contributed by atoms with E-state index in [-0.39, 0.29) is 0 Å². The summed E-state index contributed by atoms with van der Waals surface area (Å²) in [5.74, 6) is 1.43. The van der Waals surface area contributed by atoms with Crippen LogP contribution in [0.25, 0.3) is 88.6 Å². The maximum Gasteiger partial charge on any atom is 0.233 e. The molecule has 4 aromatic heterocycles. The molecule has 0 aliphatic heterocycles. The Labute approximate surface area is 257 Å². The Morgan fingerprint density at radius 1 is 0.444 bits per heavy atom. The largest absolute Gasteiger partial charge is 0.437 e. The van der Waals surface area contributed by atoms with Gasteiger partial charge in [-0.15, -0.1) is 0 Å². The van der Waals surface area contributed by atoms with Crippen molar-refractivity contribution in [1.82, 2.24) is 19.1 Å². The summed E-state index contributed by atoms with van der Waals surface area (Å²) in [5, 5.41) is 6.69. The van der Waals surface area contributed by atoms with E-state index >= 15 is 0 Å².